The van der Waals surface area contributed by atoms with E-state index < -0.39 is 5.82 Å². The first kappa shape index (κ1) is 30.8. The number of carbonyl (C=O) groups is 1. The molecule has 0 N–H and O–H groups in total. The summed E-state index contributed by atoms with van der Waals surface area (Å²) in [4.78, 5) is 21.0. The summed E-state index contributed by atoms with van der Waals surface area (Å²) in [6.45, 7) is 12.5. The summed E-state index contributed by atoms with van der Waals surface area (Å²) in [6.07, 6.45) is 5.99. The highest BCUT2D eigenvalue weighted by atomic mass is 19.1. The number of ether oxygens (including phenoxy) is 2. The van der Waals surface area contributed by atoms with Gasteiger partial charge in [0.05, 0.1) is 42.6 Å². The minimum atomic E-state index is -0.405. The Morgan fingerprint density at radius 3 is 2.60 bits per heavy atom. The SMILES string of the molecule is CO[C@H]1CCN(C2CC(C(C(C)C)N3CC(c4cc(-c5ccc(F)cc5C(=O)N5CCOC[C@H]5C)c5cnn(C)c5c4)C3)C2)C1. The Kier molecular flexibility index (Phi) is 8.48. The van der Waals surface area contributed by atoms with Gasteiger partial charge in [-0.15, -0.1) is 0 Å². The Labute approximate surface area is 266 Å². The summed E-state index contributed by atoms with van der Waals surface area (Å²) in [7, 11) is 3.80. The van der Waals surface area contributed by atoms with Crippen molar-refractivity contribution in [3.05, 3.63) is 53.5 Å². The van der Waals surface area contributed by atoms with Crippen molar-refractivity contribution in [3.8, 4) is 11.1 Å². The monoisotopic (exact) mass is 617 g/mol. The molecular formula is C36H48FN5O3. The van der Waals surface area contributed by atoms with Crippen molar-refractivity contribution in [3.63, 3.8) is 0 Å². The molecule has 3 atom stereocenters. The molecule has 45 heavy (non-hydrogen) atoms. The van der Waals surface area contributed by atoms with Crippen LogP contribution in [-0.4, -0.2) is 108 Å². The zero-order valence-electron chi connectivity index (χ0n) is 27.4. The second-order valence-corrected chi connectivity index (χ2v) is 14.3. The third-order valence-corrected chi connectivity index (χ3v) is 11.2. The maximum absolute atomic E-state index is 14.7. The molecule has 4 aliphatic rings. The largest absolute Gasteiger partial charge is 0.380 e. The molecule has 8 nitrogen and oxygen atoms in total. The third kappa shape index (κ3) is 5.70. The molecule has 7 rings (SSSR count). The summed E-state index contributed by atoms with van der Waals surface area (Å²) < 4.78 is 27.8. The number of methoxy groups -OCH3 is 1. The van der Waals surface area contributed by atoms with Crippen molar-refractivity contribution >= 4 is 16.8 Å². The van der Waals surface area contributed by atoms with E-state index in [1.165, 1.54) is 37.1 Å². The van der Waals surface area contributed by atoms with Gasteiger partial charge in [-0.3, -0.25) is 19.3 Å². The van der Waals surface area contributed by atoms with Crippen molar-refractivity contribution in [2.45, 2.75) is 70.2 Å². The predicted octanol–water partition coefficient (Wildman–Crippen LogP) is 5.16. The van der Waals surface area contributed by atoms with Crippen LogP contribution >= 0.6 is 0 Å². The minimum absolute atomic E-state index is 0.0643. The number of carbonyl (C=O) groups excluding carboxylic acids is 1. The molecule has 3 aromatic rings. The molecule has 1 aromatic heterocycles. The maximum Gasteiger partial charge on any atom is 0.254 e. The lowest BCUT2D eigenvalue weighted by molar-refractivity contribution is -0.0293. The fourth-order valence-electron chi connectivity index (χ4n) is 8.56. The predicted molar refractivity (Wildman–Crippen MR) is 174 cm³/mol. The molecule has 1 saturated carbocycles. The average molecular weight is 618 g/mol. The van der Waals surface area contributed by atoms with E-state index in [4.69, 9.17) is 9.47 Å². The summed E-state index contributed by atoms with van der Waals surface area (Å²) in [5, 5.41) is 5.56. The van der Waals surface area contributed by atoms with E-state index in [9.17, 15) is 9.18 Å². The number of benzene rings is 2. The number of halogens is 1. The summed E-state index contributed by atoms with van der Waals surface area (Å²) in [5.74, 6) is 1.19. The quantitative estimate of drug-likeness (QED) is 0.348. The van der Waals surface area contributed by atoms with Crippen LogP contribution in [0.5, 0.6) is 0 Å². The first-order chi connectivity index (χ1) is 21.7. The Morgan fingerprint density at radius 2 is 1.89 bits per heavy atom. The van der Waals surface area contributed by atoms with Crippen LogP contribution in [0.15, 0.2) is 36.5 Å². The lowest BCUT2D eigenvalue weighted by Crippen LogP contribution is -2.59. The fourth-order valence-corrected chi connectivity index (χ4v) is 8.56. The van der Waals surface area contributed by atoms with Crippen LogP contribution in [0.1, 0.15) is 61.9 Å². The molecule has 3 aliphatic heterocycles. The molecule has 0 spiro atoms. The Hall–Kier alpha value is -2.85. The fraction of sp³-hybridized carbons (Fsp3) is 0.611. The van der Waals surface area contributed by atoms with Crippen LogP contribution in [0.4, 0.5) is 4.39 Å². The molecule has 1 unspecified atom stereocenters. The Balaban J connectivity index is 1.13. The molecule has 4 heterocycles. The summed E-state index contributed by atoms with van der Waals surface area (Å²) in [6, 6.07) is 10.4. The van der Waals surface area contributed by atoms with Crippen molar-refractivity contribution in [1.29, 1.82) is 0 Å². The van der Waals surface area contributed by atoms with Gasteiger partial charge in [0.1, 0.15) is 5.82 Å². The van der Waals surface area contributed by atoms with Gasteiger partial charge in [0, 0.05) is 70.3 Å². The van der Waals surface area contributed by atoms with E-state index in [2.05, 4.69) is 40.9 Å². The van der Waals surface area contributed by atoms with Gasteiger partial charge in [-0.2, -0.15) is 5.10 Å². The molecule has 2 aromatic carbocycles. The molecule has 9 heteroatoms. The van der Waals surface area contributed by atoms with Gasteiger partial charge in [0.15, 0.2) is 0 Å². The zero-order chi connectivity index (χ0) is 31.4. The number of morpholine rings is 1. The Morgan fingerprint density at radius 1 is 1.09 bits per heavy atom. The van der Waals surface area contributed by atoms with Gasteiger partial charge < -0.3 is 14.4 Å². The van der Waals surface area contributed by atoms with Crippen LogP contribution in [0.25, 0.3) is 22.0 Å². The first-order valence-corrected chi connectivity index (χ1v) is 16.9. The number of rotatable bonds is 8. The number of likely N-dealkylation sites (tertiary alicyclic amines) is 2. The number of fused-ring (bicyclic) bond motifs is 1. The smallest absolute Gasteiger partial charge is 0.254 e. The average Bonchev–Trinajstić information content (AvgIpc) is 3.61. The maximum atomic E-state index is 14.7. The summed E-state index contributed by atoms with van der Waals surface area (Å²) >= 11 is 0. The molecule has 0 radical (unpaired) electrons. The molecule has 1 amide bonds. The number of amides is 1. The van der Waals surface area contributed by atoms with Crippen LogP contribution in [0.3, 0.4) is 0 Å². The van der Waals surface area contributed by atoms with Crippen molar-refractivity contribution < 1.29 is 18.7 Å². The number of hydrogen-bond donors (Lipinski definition) is 0. The van der Waals surface area contributed by atoms with Gasteiger partial charge in [0.25, 0.3) is 5.91 Å². The van der Waals surface area contributed by atoms with Gasteiger partial charge in [-0.1, -0.05) is 19.9 Å². The topological polar surface area (TPSA) is 63.1 Å². The lowest BCUT2D eigenvalue weighted by Gasteiger charge is -2.54. The highest BCUT2D eigenvalue weighted by Gasteiger charge is 2.46. The van der Waals surface area contributed by atoms with Gasteiger partial charge in [0.2, 0.25) is 0 Å². The zero-order valence-corrected chi connectivity index (χ0v) is 27.4. The van der Waals surface area contributed by atoms with Gasteiger partial charge >= 0.3 is 0 Å². The summed E-state index contributed by atoms with van der Waals surface area (Å²) in [5.41, 5.74) is 4.40. The molecule has 0 bridgehead atoms. The van der Waals surface area contributed by atoms with Crippen molar-refractivity contribution in [2.24, 2.45) is 18.9 Å². The Bertz CT molecular complexity index is 1540. The number of hydrogen-bond acceptors (Lipinski definition) is 6. The number of aromatic nitrogens is 2. The second kappa shape index (κ2) is 12.4. The molecule has 242 valence electrons. The molecule has 3 saturated heterocycles. The van der Waals surface area contributed by atoms with Crippen LogP contribution < -0.4 is 0 Å². The highest BCUT2D eigenvalue weighted by molar-refractivity contribution is 6.05. The van der Waals surface area contributed by atoms with Gasteiger partial charge in [-0.25, -0.2) is 4.39 Å². The van der Waals surface area contributed by atoms with Crippen LogP contribution in [-0.2, 0) is 16.5 Å². The van der Waals surface area contributed by atoms with E-state index in [1.807, 2.05) is 36.9 Å². The van der Waals surface area contributed by atoms with Crippen LogP contribution in [0, 0.1) is 17.7 Å². The number of aryl methyl sites for hydroxylation is 1. The second-order valence-electron chi connectivity index (χ2n) is 14.3. The highest BCUT2D eigenvalue weighted by Crippen LogP contribution is 2.44. The van der Waals surface area contributed by atoms with Crippen LogP contribution in [0.2, 0.25) is 0 Å². The van der Waals surface area contributed by atoms with Gasteiger partial charge in [-0.05, 0) is 79.0 Å². The first-order valence-electron chi connectivity index (χ1n) is 16.9. The lowest BCUT2D eigenvalue weighted by atomic mass is 9.69. The molecular weight excluding hydrogens is 569 g/mol. The standard InChI is InChI=1S/C36H48FN5O3/c1-22(2)35(25-12-28(13-25)40-9-8-29(20-40)44-5)41-18-26(19-41)24-14-31(33-17-38-39(4)34(33)15-24)30-7-6-27(37)16-32(30)36(43)42-10-11-45-21-23(42)3/h6-7,14-17,22-23,25-26,28-29,35H,8-13,18-21H2,1-5H3/t23-,25?,28?,29+,35?/m1/s1. The third-order valence-electron chi connectivity index (χ3n) is 11.2. The molecule has 1 aliphatic carbocycles. The van der Waals surface area contributed by atoms with Crippen molar-refractivity contribution in [1.82, 2.24) is 24.5 Å². The number of nitrogens with zero attached hydrogens (tertiary/aromatic N) is 5. The van der Waals surface area contributed by atoms with E-state index in [0.29, 0.717) is 55.3 Å². The molecule has 4 fully saturated rings. The van der Waals surface area contributed by atoms with E-state index >= 15 is 0 Å². The minimum Gasteiger partial charge on any atom is -0.380 e. The van der Waals surface area contributed by atoms with E-state index in [1.54, 1.807) is 6.07 Å². The van der Waals surface area contributed by atoms with E-state index in [-0.39, 0.29) is 11.9 Å². The van der Waals surface area contributed by atoms with Crippen molar-refractivity contribution in [2.75, 3.05) is 53.0 Å². The normalized spacial score (nSPS) is 27.2. The van der Waals surface area contributed by atoms with E-state index in [0.717, 1.165) is 54.0 Å².